The number of benzene rings is 2. The highest BCUT2D eigenvalue weighted by Gasteiger charge is 2.11. The molecule has 1 N–H and O–H groups in total. The van der Waals surface area contributed by atoms with Gasteiger partial charge < -0.3 is 10.1 Å². The fraction of sp³-hybridized carbons (Fsp3) is 0.158. The van der Waals surface area contributed by atoms with Crippen molar-refractivity contribution in [1.29, 1.82) is 0 Å². The number of carbonyl (C=O) groups is 1. The predicted octanol–water partition coefficient (Wildman–Crippen LogP) is 4.14. The molecule has 0 spiro atoms. The first-order valence-corrected chi connectivity index (χ1v) is 8.02. The number of para-hydroxylation sites is 1. The Labute approximate surface area is 145 Å². The molecule has 0 aliphatic carbocycles. The average Bonchev–Trinajstić information content (AvgIpc) is 2.60. The molecule has 0 fully saturated rings. The maximum Gasteiger partial charge on any atom is 0.258 e. The van der Waals surface area contributed by atoms with Gasteiger partial charge in [0.25, 0.3) is 5.91 Å². The van der Waals surface area contributed by atoms with E-state index in [1.165, 1.54) is 0 Å². The third kappa shape index (κ3) is 3.84. The summed E-state index contributed by atoms with van der Waals surface area (Å²) in [6.45, 7) is 1.86. The number of nitrogens with zero attached hydrogens (tertiary/aromatic N) is 1. The molecule has 1 aromatic heterocycles. The van der Waals surface area contributed by atoms with Crippen molar-refractivity contribution < 1.29 is 9.53 Å². The van der Waals surface area contributed by atoms with E-state index in [1.54, 1.807) is 18.3 Å². The van der Waals surface area contributed by atoms with Gasteiger partial charge in [-0.1, -0.05) is 41.9 Å². The van der Waals surface area contributed by atoms with Crippen LogP contribution in [0.3, 0.4) is 0 Å². The van der Waals surface area contributed by atoms with Gasteiger partial charge in [-0.2, -0.15) is 0 Å². The van der Waals surface area contributed by atoms with Gasteiger partial charge in [0.2, 0.25) is 0 Å². The quantitative estimate of drug-likeness (QED) is 0.759. The van der Waals surface area contributed by atoms with Crippen LogP contribution < -0.4 is 10.1 Å². The molecule has 3 aromatic rings. The number of nitrogens with one attached hydrogen (secondary N) is 1. The van der Waals surface area contributed by atoms with Crippen molar-refractivity contribution in [1.82, 2.24) is 10.3 Å². The van der Waals surface area contributed by atoms with E-state index >= 15 is 0 Å². The van der Waals surface area contributed by atoms with Crippen LogP contribution in [0.5, 0.6) is 5.75 Å². The minimum atomic E-state index is -0.189. The third-order valence-electron chi connectivity index (χ3n) is 3.70. The molecule has 4 nitrogen and oxygen atoms in total. The van der Waals surface area contributed by atoms with Gasteiger partial charge >= 0.3 is 0 Å². The molecule has 1 atom stereocenters. The summed E-state index contributed by atoms with van der Waals surface area (Å²) in [5.74, 6) is 0.410. The number of rotatable bonds is 5. The molecule has 5 heteroatoms. The summed E-state index contributed by atoms with van der Waals surface area (Å²) in [5.41, 5.74) is 1.73. The molecule has 0 saturated carbocycles. The first kappa shape index (κ1) is 16.3. The lowest BCUT2D eigenvalue weighted by molar-refractivity contribution is -0.123. The second kappa shape index (κ2) is 7.32. The van der Waals surface area contributed by atoms with E-state index in [-0.39, 0.29) is 18.6 Å². The number of hydrogen-bond donors (Lipinski definition) is 1. The van der Waals surface area contributed by atoms with Crippen molar-refractivity contribution in [2.24, 2.45) is 0 Å². The first-order valence-electron chi connectivity index (χ1n) is 7.65. The van der Waals surface area contributed by atoms with Crippen molar-refractivity contribution in [3.63, 3.8) is 0 Å². The Morgan fingerprint density at radius 1 is 1.17 bits per heavy atom. The van der Waals surface area contributed by atoms with Crippen LogP contribution in [-0.2, 0) is 4.79 Å². The Balaban J connectivity index is 1.62. The van der Waals surface area contributed by atoms with Gasteiger partial charge in [0.15, 0.2) is 6.61 Å². The van der Waals surface area contributed by atoms with Gasteiger partial charge in [0.05, 0.1) is 6.04 Å². The van der Waals surface area contributed by atoms with Crippen LogP contribution in [0.4, 0.5) is 0 Å². The number of amides is 1. The molecule has 2 aromatic carbocycles. The lowest BCUT2D eigenvalue weighted by atomic mass is 10.1. The van der Waals surface area contributed by atoms with Crippen LogP contribution in [0.25, 0.3) is 10.9 Å². The number of ether oxygens (including phenoxy) is 1. The summed E-state index contributed by atoms with van der Waals surface area (Å²) >= 11 is 5.87. The fourth-order valence-electron chi connectivity index (χ4n) is 2.45. The Bertz CT molecular complexity index is 844. The standard InChI is InChI=1S/C19H17ClN2O2/c1-13(14-7-9-16(20)10-8-14)22-18(23)12-24-17-6-2-4-15-5-3-11-21-19(15)17/h2-11,13H,12H2,1H3,(H,22,23)/t13-/m1/s1. The molecule has 24 heavy (non-hydrogen) atoms. The second-order valence-electron chi connectivity index (χ2n) is 5.46. The average molecular weight is 341 g/mol. The molecule has 0 aliphatic rings. The summed E-state index contributed by atoms with van der Waals surface area (Å²) in [4.78, 5) is 16.4. The smallest absolute Gasteiger partial charge is 0.258 e. The van der Waals surface area contributed by atoms with Crippen LogP contribution >= 0.6 is 11.6 Å². The minimum Gasteiger partial charge on any atom is -0.481 e. The van der Waals surface area contributed by atoms with E-state index in [2.05, 4.69) is 10.3 Å². The number of aromatic nitrogens is 1. The number of hydrogen-bond acceptors (Lipinski definition) is 3. The minimum absolute atomic E-state index is 0.0619. The first-order chi connectivity index (χ1) is 11.6. The fourth-order valence-corrected chi connectivity index (χ4v) is 2.58. The predicted molar refractivity (Wildman–Crippen MR) is 95.2 cm³/mol. The van der Waals surface area contributed by atoms with Gasteiger partial charge in [-0.05, 0) is 36.8 Å². The maximum atomic E-state index is 12.1. The van der Waals surface area contributed by atoms with Crippen LogP contribution in [0.1, 0.15) is 18.5 Å². The van der Waals surface area contributed by atoms with Crippen molar-refractivity contribution in [3.8, 4) is 5.75 Å². The summed E-state index contributed by atoms with van der Waals surface area (Å²) in [5, 5.41) is 4.55. The third-order valence-corrected chi connectivity index (χ3v) is 3.95. The van der Waals surface area contributed by atoms with Crippen molar-refractivity contribution in [3.05, 3.63) is 71.4 Å². The van der Waals surface area contributed by atoms with Crippen molar-refractivity contribution in [2.45, 2.75) is 13.0 Å². The highest BCUT2D eigenvalue weighted by atomic mass is 35.5. The summed E-state index contributed by atoms with van der Waals surface area (Å²) in [6.07, 6.45) is 1.71. The van der Waals surface area contributed by atoms with E-state index in [4.69, 9.17) is 16.3 Å². The number of pyridine rings is 1. The van der Waals surface area contributed by atoms with E-state index in [1.807, 2.05) is 49.4 Å². The zero-order valence-electron chi connectivity index (χ0n) is 13.2. The SMILES string of the molecule is C[C@@H](NC(=O)COc1cccc2cccnc12)c1ccc(Cl)cc1. The van der Waals surface area contributed by atoms with Crippen molar-refractivity contribution in [2.75, 3.05) is 6.61 Å². The zero-order valence-corrected chi connectivity index (χ0v) is 14.0. The Morgan fingerprint density at radius 3 is 2.71 bits per heavy atom. The molecule has 3 rings (SSSR count). The van der Waals surface area contributed by atoms with Gasteiger partial charge in [0, 0.05) is 16.6 Å². The molecule has 0 bridgehead atoms. The number of halogens is 1. The monoisotopic (exact) mass is 340 g/mol. The summed E-state index contributed by atoms with van der Waals surface area (Å²) < 4.78 is 5.64. The molecular formula is C19H17ClN2O2. The molecule has 0 saturated heterocycles. The lowest BCUT2D eigenvalue weighted by Crippen LogP contribution is -2.31. The van der Waals surface area contributed by atoms with E-state index in [0.717, 1.165) is 16.5 Å². The maximum absolute atomic E-state index is 12.1. The topological polar surface area (TPSA) is 51.2 Å². The van der Waals surface area contributed by atoms with Crippen LogP contribution in [0.2, 0.25) is 5.02 Å². The molecule has 1 amide bonds. The Hall–Kier alpha value is -2.59. The van der Waals surface area contributed by atoms with Gasteiger partial charge in [-0.25, -0.2) is 0 Å². The van der Waals surface area contributed by atoms with Crippen LogP contribution in [0, 0.1) is 0 Å². The molecule has 0 radical (unpaired) electrons. The van der Waals surface area contributed by atoms with E-state index in [0.29, 0.717) is 10.8 Å². The normalized spacial score (nSPS) is 11.9. The lowest BCUT2D eigenvalue weighted by Gasteiger charge is -2.15. The molecule has 1 heterocycles. The molecule has 0 unspecified atom stereocenters. The summed E-state index contributed by atoms with van der Waals surface area (Å²) in [7, 11) is 0. The highest BCUT2D eigenvalue weighted by molar-refractivity contribution is 6.30. The molecule has 0 aliphatic heterocycles. The highest BCUT2D eigenvalue weighted by Crippen LogP contribution is 2.23. The molecule has 122 valence electrons. The summed E-state index contributed by atoms with van der Waals surface area (Å²) in [6, 6.07) is 16.7. The van der Waals surface area contributed by atoms with Crippen molar-refractivity contribution >= 4 is 28.4 Å². The molecular weight excluding hydrogens is 324 g/mol. The Morgan fingerprint density at radius 2 is 1.92 bits per heavy atom. The van der Waals surface area contributed by atoms with Gasteiger partial charge in [0.1, 0.15) is 11.3 Å². The van der Waals surface area contributed by atoms with Gasteiger partial charge in [-0.15, -0.1) is 0 Å². The number of fused-ring (bicyclic) bond motifs is 1. The van der Waals surface area contributed by atoms with Crippen LogP contribution in [-0.4, -0.2) is 17.5 Å². The van der Waals surface area contributed by atoms with E-state index in [9.17, 15) is 4.79 Å². The number of carbonyl (C=O) groups excluding carboxylic acids is 1. The van der Waals surface area contributed by atoms with Crippen LogP contribution in [0.15, 0.2) is 60.8 Å². The largest absolute Gasteiger partial charge is 0.481 e. The Kier molecular flexibility index (Phi) is 4.96. The van der Waals surface area contributed by atoms with E-state index < -0.39 is 0 Å². The zero-order chi connectivity index (χ0) is 16.9. The second-order valence-corrected chi connectivity index (χ2v) is 5.90. The van der Waals surface area contributed by atoms with Gasteiger partial charge in [-0.3, -0.25) is 9.78 Å².